The summed E-state index contributed by atoms with van der Waals surface area (Å²) in [7, 11) is 0. The fourth-order valence-corrected chi connectivity index (χ4v) is 4.26. The van der Waals surface area contributed by atoms with Crippen LogP contribution in [0, 0.1) is 11.6 Å². The summed E-state index contributed by atoms with van der Waals surface area (Å²) < 4.78 is 33.7. The topological polar surface area (TPSA) is 54.5 Å². The molecule has 5 nitrogen and oxygen atoms in total. The van der Waals surface area contributed by atoms with Crippen molar-refractivity contribution in [2.45, 2.75) is 12.3 Å². The van der Waals surface area contributed by atoms with Crippen LogP contribution in [0.3, 0.4) is 0 Å². The SMILES string of the molecule is O=C1C[C@H](c2c(F)cccc2F)c2sc(N3CCOCC3)nc2N1. The molecule has 1 fully saturated rings. The van der Waals surface area contributed by atoms with Gasteiger partial charge in [0.15, 0.2) is 5.13 Å². The summed E-state index contributed by atoms with van der Waals surface area (Å²) in [5.74, 6) is -1.80. The maximum absolute atomic E-state index is 14.2. The lowest BCUT2D eigenvalue weighted by Gasteiger charge is -2.26. The van der Waals surface area contributed by atoms with Crippen LogP contribution in [0.2, 0.25) is 0 Å². The second-order valence-electron chi connectivity index (χ2n) is 5.75. The molecule has 0 saturated carbocycles. The summed E-state index contributed by atoms with van der Waals surface area (Å²) >= 11 is 1.38. The molecule has 1 N–H and O–H groups in total. The van der Waals surface area contributed by atoms with Gasteiger partial charge in [-0.1, -0.05) is 17.4 Å². The zero-order valence-corrected chi connectivity index (χ0v) is 13.5. The summed E-state index contributed by atoms with van der Waals surface area (Å²) in [6.45, 7) is 2.64. The quantitative estimate of drug-likeness (QED) is 0.904. The van der Waals surface area contributed by atoms with Gasteiger partial charge in [0.05, 0.1) is 18.1 Å². The first kappa shape index (κ1) is 15.5. The average molecular weight is 351 g/mol. The molecule has 4 rings (SSSR count). The molecular formula is C16H15F2N3O2S. The number of aromatic nitrogens is 1. The lowest BCUT2D eigenvalue weighted by Crippen LogP contribution is -2.36. The van der Waals surface area contributed by atoms with Crippen molar-refractivity contribution in [2.75, 3.05) is 36.5 Å². The highest BCUT2D eigenvalue weighted by Crippen LogP contribution is 2.44. The van der Waals surface area contributed by atoms with Crippen molar-refractivity contribution < 1.29 is 18.3 Å². The van der Waals surface area contributed by atoms with Crippen LogP contribution in [-0.4, -0.2) is 37.2 Å². The van der Waals surface area contributed by atoms with Crippen molar-refractivity contribution in [1.29, 1.82) is 0 Å². The Balaban J connectivity index is 1.76. The molecule has 0 radical (unpaired) electrons. The zero-order valence-electron chi connectivity index (χ0n) is 12.7. The molecule has 2 aliphatic rings. The van der Waals surface area contributed by atoms with E-state index in [2.05, 4.69) is 15.2 Å². The van der Waals surface area contributed by atoms with Crippen molar-refractivity contribution in [2.24, 2.45) is 0 Å². The summed E-state index contributed by atoms with van der Waals surface area (Å²) in [4.78, 5) is 19.2. The number of amides is 1. The van der Waals surface area contributed by atoms with Crippen LogP contribution >= 0.6 is 11.3 Å². The van der Waals surface area contributed by atoms with E-state index in [1.807, 2.05) is 0 Å². The number of morpholine rings is 1. The molecule has 24 heavy (non-hydrogen) atoms. The van der Waals surface area contributed by atoms with Gasteiger partial charge in [-0.2, -0.15) is 0 Å². The minimum atomic E-state index is -0.651. The van der Waals surface area contributed by atoms with Gasteiger partial charge in [-0.3, -0.25) is 4.79 Å². The van der Waals surface area contributed by atoms with Crippen molar-refractivity contribution in [3.63, 3.8) is 0 Å². The highest BCUT2D eigenvalue weighted by atomic mass is 32.1. The third-order valence-electron chi connectivity index (χ3n) is 4.24. The van der Waals surface area contributed by atoms with Crippen LogP contribution in [0.1, 0.15) is 22.8 Å². The normalized spacial score (nSPS) is 20.7. The van der Waals surface area contributed by atoms with E-state index in [4.69, 9.17) is 4.74 Å². The molecule has 3 heterocycles. The van der Waals surface area contributed by atoms with Crippen LogP contribution in [-0.2, 0) is 9.53 Å². The van der Waals surface area contributed by atoms with E-state index in [0.717, 1.165) is 5.13 Å². The van der Waals surface area contributed by atoms with Gasteiger partial charge in [0.2, 0.25) is 5.91 Å². The third kappa shape index (κ3) is 2.65. The first-order valence-electron chi connectivity index (χ1n) is 7.70. The lowest BCUT2D eigenvalue weighted by molar-refractivity contribution is -0.116. The lowest BCUT2D eigenvalue weighted by atomic mass is 9.91. The molecule has 2 aliphatic heterocycles. The number of ether oxygens (including phenoxy) is 1. The molecule has 0 unspecified atom stereocenters. The number of carbonyl (C=O) groups excluding carboxylic acids is 1. The zero-order chi connectivity index (χ0) is 16.7. The van der Waals surface area contributed by atoms with E-state index in [1.54, 1.807) is 0 Å². The van der Waals surface area contributed by atoms with Gasteiger partial charge in [0, 0.05) is 31.0 Å². The molecule has 1 aromatic heterocycles. The number of nitrogens with zero attached hydrogens (tertiary/aromatic N) is 2. The molecule has 0 bridgehead atoms. The number of rotatable bonds is 2. The molecule has 1 saturated heterocycles. The Morgan fingerprint density at radius 3 is 2.67 bits per heavy atom. The van der Waals surface area contributed by atoms with E-state index in [-0.39, 0.29) is 17.9 Å². The van der Waals surface area contributed by atoms with Crippen LogP contribution < -0.4 is 10.2 Å². The van der Waals surface area contributed by atoms with Gasteiger partial charge < -0.3 is 15.0 Å². The third-order valence-corrected chi connectivity index (χ3v) is 5.47. The number of nitrogens with one attached hydrogen (secondary N) is 1. The molecule has 8 heteroatoms. The molecule has 1 atom stereocenters. The second-order valence-corrected chi connectivity index (χ2v) is 6.76. The number of carbonyl (C=O) groups is 1. The van der Waals surface area contributed by atoms with Gasteiger partial charge in [-0.25, -0.2) is 13.8 Å². The summed E-state index contributed by atoms with van der Waals surface area (Å²) in [5.41, 5.74) is -0.0641. The Hall–Kier alpha value is -2.06. The number of halogens is 2. The fraction of sp³-hybridized carbons (Fsp3) is 0.375. The van der Waals surface area contributed by atoms with E-state index < -0.39 is 17.6 Å². The number of hydrogen-bond acceptors (Lipinski definition) is 5. The fourth-order valence-electron chi connectivity index (χ4n) is 3.07. The van der Waals surface area contributed by atoms with E-state index >= 15 is 0 Å². The smallest absolute Gasteiger partial charge is 0.226 e. The maximum atomic E-state index is 14.2. The van der Waals surface area contributed by atoms with Crippen molar-refractivity contribution in [1.82, 2.24) is 4.98 Å². The van der Waals surface area contributed by atoms with Gasteiger partial charge in [-0.15, -0.1) is 0 Å². The molecule has 0 aliphatic carbocycles. The Labute approximate surface area is 141 Å². The monoisotopic (exact) mass is 351 g/mol. The van der Waals surface area contributed by atoms with Gasteiger partial charge in [0.1, 0.15) is 17.5 Å². The minimum Gasteiger partial charge on any atom is -0.378 e. The first-order chi connectivity index (χ1) is 11.6. The molecule has 0 spiro atoms. The maximum Gasteiger partial charge on any atom is 0.226 e. The van der Waals surface area contributed by atoms with Crippen LogP contribution in [0.5, 0.6) is 0 Å². The standard InChI is InChI=1S/C16H15F2N3O2S/c17-10-2-1-3-11(18)13(10)9-8-12(22)19-15-14(9)24-16(20-15)21-4-6-23-7-5-21/h1-3,9H,4-8H2,(H,19,22)/t9-/m1/s1. The Bertz CT molecular complexity index is 769. The predicted octanol–water partition coefficient (Wildman–Crippen LogP) is 2.73. The molecule has 126 valence electrons. The molecule has 2 aromatic rings. The number of anilines is 2. The van der Waals surface area contributed by atoms with Crippen molar-refractivity contribution >= 4 is 28.2 Å². The molecule has 1 aromatic carbocycles. The van der Waals surface area contributed by atoms with Gasteiger partial charge in [0.25, 0.3) is 0 Å². The van der Waals surface area contributed by atoms with Crippen molar-refractivity contribution in [3.8, 4) is 0 Å². The highest BCUT2D eigenvalue weighted by Gasteiger charge is 2.34. The Kier molecular flexibility index (Phi) is 3.93. The molecular weight excluding hydrogens is 336 g/mol. The average Bonchev–Trinajstić information content (AvgIpc) is 2.99. The Morgan fingerprint density at radius 2 is 1.96 bits per heavy atom. The van der Waals surface area contributed by atoms with Crippen molar-refractivity contribution in [3.05, 3.63) is 40.3 Å². The predicted molar refractivity (Wildman–Crippen MR) is 86.6 cm³/mol. The van der Waals surface area contributed by atoms with Gasteiger partial charge >= 0.3 is 0 Å². The van der Waals surface area contributed by atoms with Crippen LogP contribution in [0.15, 0.2) is 18.2 Å². The summed E-state index contributed by atoms with van der Waals surface area (Å²) in [6, 6.07) is 3.76. The van der Waals surface area contributed by atoms with Crippen LogP contribution in [0.4, 0.5) is 19.7 Å². The number of benzene rings is 1. The van der Waals surface area contributed by atoms with E-state index in [0.29, 0.717) is 37.0 Å². The summed E-state index contributed by atoms with van der Waals surface area (Å²) in [6.07, 6.45) is 0.00952. The second kappa shape index (κ2) is 6.10. The molecule has 1 amide bonds. The van der Waals surface area contributed by atoms with Crippen LogP contribution in [0.25, 0.3) is 0 Å². The van der Waals surface area contributed by atoms with E-state index in [9.17, 15) is 13.6 Å². The largest absolute Gasteiger partial charge is 0.378 e. The van der Waals surface area contributed by atoms with Gasteiger partial charge in [-0.05, 0) is 12.1 Å². The minimum absolute atomic E-state index is 0.00952. The van der Waals surface area contributed by atoms with E-state index in [1.165, 1.54) is 29.5 Å². The first-order valence-corrected chi connectivity index (χ1v) is 8.52. The number of fused-ring (bicyclic) bond motifs is 1. The summed E-state index contributed by atoms with van der Waals surface area (Å²) in [5, 5.41) is 3.46. The highest BCUT2D eigenvalue weighted by molar-refractivity contribution is 7.16. The number of hydrogen-bond donors (Lipinski definition) is 1. The Morgan fingerprint density at radius 1 is 1.25 bits per heavy atom. The number of thiazole rings is 1.